The number of hydrogen-bond acceptors (Lipinski definition) is 2. The predicted octanol–water partition coefficient (Wildman–Crippen LogP) is 4.91. The summed E-state index contributed by atoms with van der Waals surface area (Å²) in [6.07, 6.45) is 2.58. The first-order valence-electron chi connectivity index (χ1n) is 7.99. The lowest BCUT2D eigenvalue weighted by Gasteiger charge is -2.30. The molecule has 1 aliphatic heterocycles. The number of nitrogens with one attached hydrogen (secondary N) is 1. The Morgan fingerprint density at radius 3 is 2.50 bits per heavy atom. The van der Waals surface area contributed by atoms with Crippen molar-refractivity contribution in [1.82, 2.24) is 0 Å². The van der Waals surface area contributed by atoms with Crippen LogP contribution in [0.2, 0.25) is 0 Å². The van der Waals surface area contributed by atoms with E-state index in [0.29, 0.717) is 24.0 Å². The first kappa shape index (κ1) is 15.4. The molecule has 0 spiro atoms. The van der Waals surface area contributed by atoms with Gasteiger partial charge in [0.2, 0.25) is 0 Å². The average Bonchev–Trinajstić information content (AvgIpc) is 2.38. The van der Waals surface area contributed by atoms with Crippen molar-refractivity contribution in [2.45, 2.75) is 71.4 Å². The molecular weight excluding hydrogens is 246 g/mol. The highest BCUT2D eigenvalue weighted by molar-refractivity contribution is 5.55. The van der Waals surface area contributed by atoms with Crippen molar-refractivity contribution in [3.63, 3.8) is 0 Å². The highest BCUT2D eigenvalue weighted by Crippen LogP contribution is 2.30. The second-order valence-electron chi connectivity index (χ2n) is 6.70. The Hall–Kier alpha value is -1.02. The zero-order valence-electron chi connectivity index (χ0n) is 13.6. The van der Waals surface area contributed by atoms with Crippen molar-refractivity contribution in [1.29, 1.82) is 0 Å². The van der Waals surface area contributed by atoms with Crippen LogP contribution in [0, 0.1) is 0 Å². The first-order chi connectivity index (χ1) is 9.47. The molecule has 1 heterocycles. The fourth-order valence-corrected chi connectivity index (χ4v) is 2.90. The Morgan fingerprint density at radius 2 is 1.90 bits per heavy atom. The monoisotopic (exact) mass is 275 g/mol. The maximum absolute atomic E-state index is 5.63. The molecule has 1 aromatic carbocycles. The predicted molar refractivity (Wildman–Crippen MR) is 86.7 cm³/mol. The van der Waals surface area contributed by atoms with Gasteiger partial charge >= 0.3 is 0 Å². The Bertz CT molecular complexity index is 439. The topological polar surface area (TPSA) is 21.3 Å². The lowest BCUT2D eigenvalue weighted by molar-refractivity contribution is 0.0232. The lowest BCUT2D eigenvalue weighted by Crippen LogP contribution is -2.32. The van der Waals surface area contributed by atoms with Gasteiger partial charge in [-0.25, -0.2) is 0 Å². The van der Waals surface area contributed by atoms with E-state index in [1.54, 1.807) is 0 Å². The van der Waals surface area contributed by atoms with Gasteiger partial charge in [0, 0.05) is 18.3 Å². The van der Waals surface area contributed by atoms with Gasteiger partial charge in [-0.3, -0.25) is 0 Å². The summed E-state index contributed by atoms with van der Waals surface area (Å²) in [5.74, 6) is 1.14. The normalized spacial score (nSPS) is 23.4. The molecule has 112 valence electrons. The molecule has 20 heavy (non-hydrogen) atoms. The van der Waals surface area contributed by atoms with Crippen molar-refractivity contribution in [2.24, 2.45) is 0 Å². The highest BCUT2D eigenvalue weighted by atomic mass is 16.5. The Labute approximate surface area is 123 Å². The third-order valence-electron chi connectivity index (χ3n) is 4.21. The van der Waals surface area contributed by atoms with Gasteiger partial charge in [-0.15, -0.1) is 0 Å². The Kier molecular flexibility index (Phi) is 5.09. The van der Waals surface area contributed by atoms with Crippen LogP contribution in [0.4, 0.5) is 5.69 Å². The SMILES string of the molecule is CC1CC(Nc2ccc(C(C)C)cc2C(C)C)CCO1. The van der Waals surface area contributed by atoms with E-state index in [-0.39, 0.29) is 0 Å². The fraction of sp³-hybridized carbons (Fsp3) is 0.667. The van der Waals surface area contributed by atoms with E-state index in [4.69, 9.17) is 4.74 Å². The molecular formula is C18H29NO. The van der Waals surface area contributed by atoms with Gasteiger partial charge in [0.1, 0.15) is 0 Å². The van der Waals surface area contributed by atoms with E-state index in [9.17, 15) is 0 Å². The second kappa shape index (κ2) is 6.62. The van der Waals surface area contributed by atoms with Crippen LogP contribution in [0.25, 0.3) is 0 Å². The van der Waals surface area contributed by atoms with Gasteiger partial charge in [-0.05, 0) is 48.8 Å². The lowest BCUT2D eigenvalue weighted by atomic mass is 9.93. The van der Waals surface area contributed by atoms with E-state index in [1.165, 1.54) is 16.8 Å². The quantitative estimate of drug-likeness (QED) is 0.842. The minimum Gasteiger partial charge on any atom is -0.382 e. The van der Waals surface area contributed by atoms with E-state index in [2.05, 4.69) is 58.1 Å². The van der Waals surface area contributed by atoms with Gasteiger partial charge in [0.15, 0.2) is 0 Å². The molecule has 1 fully saturated rings. The molecule has 0 aliphatic carbocycles. The molecule has 1 N–H and O–H groups in total. The molecule has 2 unspecified atom stereocenters. The molecule has 1 aromatic rings. The molecule has 2 heteroatoms. The smallest absolute Gasteiger partial charge is 0.0566 e. The van der Waals surface area contributed by atoms with Gasteiger partial charge in [0.05, 0.1) is 6.10 Å². The fourth-order valence-electron chi connectivity index (χ4n) is 2.90. The van der Waals surface area contributed by atoms with Gasteiger partial charge < -0.3 is 10.1 Å². The number of hydrogen-bond donors (Lipinski definition) is 1. The van der Waals surface area contributed by atoms with Crippen molar-refractivity contribution in [3.8, 4) is 0 Å². The van der Waals surface area contributed by atoms with Crippen molar-refractivity contribution in [3.05, 3.63) is 29.3 Å². The van der Waals surface area contributed by atoms with Gasteiger partial charge in [0.25, 0.3) is 0 Å². The minimum absolute atomic E-state index is 0.374. The van der Waals surface area contributed by atoms with E-state index in [1.807, 2.05) is 0 Å². The van der Waals surface area contributed by atoms with E-state index >= 15 is 0 Å². The van der Waals surface area contributed by atoms with Crippen LogP contribution in [0.5, 0.6) is 0 Å². The molecule has 0 saturated carbocycles. The van der Waals surface area contributed by atoms with E-state index in [0.717, 1.165) is 19.4 Å². The average molecular weight is 275 g/mol. The summed E-state index contributed by atoms with van der Waals surface area (Å²) in [6, 6.07) is 7.45. The molecule has 0 aromatic heterocycles. The Morgan fingerprint density at radius 1 is 1.15 bits per heavy atom. The molecule has 2 atom stereocenters. The van der Waals surface area contributed by atoms with Crippen LogP contribution in [0.15, 0.2) is 18.2 Å². The van der Waals surface area contributed by atoms with Crippen molar-refractivity contribution < 1.29 is 4.74 Å². The number of rotatable bonds is 4. The van der Waals surface area contributed by atoms with Crippen LogP contribution in [0.1, 0.15) is 70.4 Å². The van der Waals surface area contributed by atoms with Crippen LogP contribution < -0.4 is 5.32 Å². The highest BCUT2D eigenvalue weighted by Gasteiger charge is 2.20. The molecule has 0 amide bonds. The molecule has 0 bridgehead atoms. The van der Waals surface area contributed by atoms with Crippen molar-refractivity contribution >= 4 is 5.69 Å². The third-order valence-corrected chi connectivity index (χ3v) is 4.21. The largest absolute Gasteiger partial charge is 0.382 e. The van der Waals surface area contributed by atoms with Gasteiger partial charge in [-0.1, -0.05) is 39.8 Å². The zero-order valence-corrected chi connectivity index (χ0v) is 13.6. The maximum atomic E-state index is 5.63. The summed E-state index contributed by atoms with van der Waals surface area (Å²) in [5.41, 5.74) is 4.18. The summed E-state index contributed by atoms with van der Waals surface area (Å²) < 4.78 is 5.63. The molecule has 1 saturated heterocycles. The molecule has 2 rings (SSSR count). The van der Waals surface area contributed by atoms with Crippen LogP contribution >= 0.6 is 0 Å². The van der Waals surface area contributed by atoms with Crippen LogP contribution in [-0.2, 0) is 4.74 Å². The van der Waals surface area contributed by atoms with Crippen molar-refractivity contribution in [2.75, 3.05) is 11.9 Å². The maximum Gasteiger partial charge on any atom is 0.0566 e. The Balaban J connectivity index is 2.17. The standard InChI is InChI=1S/C18H29NO/c1-12(2)15-6-7-18(17(11-15)13(3)4)19-16-8-9-20-14(5)10-16/h6-7,11-14,16,19H,8-10H2,1-5H3. The summed E-state index contributed by atoms with van der Waals surface area (Å²) >= 11 is 0. The summed E-state index contributed by atoms with van der Waals surface area (Å²) in [6.45, 7) is 12.1. The minimum atomic E-state index is 0.374. The number of anilines is 1. The van der Waals surface area contributed by atoms with Gasteiger partial charge in [-0.2, -0.15) is 0 Å². The number of ether oxygens (including phenoxy) is 1. The summed E-state index contributed by atoms with van der Waals surface area (Å²) in [5, 5.41) is 3.75. The molecule has 1 aliphatic rings. The zero-order chi connectivity index (χ0) is 14.7. The molecule has 0 radical (unpaired) electrons. The number of benzene rings is 1. The summed E-state index contributed by atoms with van der Waals surface area (Å²) in [7, 11) is 0. The second-order valence-corrected chi connectivity index (χ2v) is 6.70. The first-order valence-corrected chi connectivity index (χ1v) is 7.99. The third kappa shape index (κ3) is 3.76. The van der Waals surface area contributed by atoms with Crippen LogP contribution in [0.3, 0.4) is 0 Å². The van der Waals surface area contributed by atoms with E-state index < -0.39 is 0 Å². The molecule has 2 nitrogen and oxygen atoms in total. The summed E-state index contributed by atoms with van der Waals surface area (Å²) in [4.78, 5) is 0. The van der Waals surface area contributed by atoms with Crippen LogP contribution in [-0.4, -0.2) is 18.8 Å².